The number of likely N-dealkylation sites (tertiary alicyclic amines) is 1. The normalized spacial score (nSPS) is 20.4. The third kappa shape index (κ3) is 5.31. The molecule has 0 spiro atoms. The maximum absolute atomic E-state index is 12.6. The number of aromatic nitrogens is 2. The van der Waals surface area contributed by atoms with Gasteiger partial charge in [0.05, 0.1) is 30.7 Å². The van der Waals surface area contributed by atoms with E-state index in [2.05, 4.69) is 20.2 Å². The van der Waals surface area contributed by atoms with E-state index in [9.17, 15) is 4.79 Å². The minimum atomic E-state index is -0.107. The van der Waals surface area contributed by atoms with Gasteiger partial charge in [-0.05, 0) is 50.5 Å². The van der Waals surface area contributed by atoms with Gasteiger partial charge in [0.2, 0.25) is 5.91 Å². The van der Waals surface area contributed by atoms with Gasteiger partial charge in [0.25, 0.3) is 0 Å². The van der Waals surface area contributed by atoms with E-state index in [0.717, 1.165) is 55.4 Å². The van der Waals surface area contributed by atoms with Crippen LogP contribution in [-0.2, 0) is 9.53 Å². The Hall–Kier alpha value is -2.51. The Morgan fingerprint density at radius 2 is 2.03 bits per heavy atom. The van der Waals surface area contributed by atoms with Crippen LogP contribution in [0.2, 0.25) is 0 Å². The Kier molecular flexibility index (Phi) is 6.36. The number of rotatable bonds is 5. The SMILES string of the molecule is Cc1cccc(Nc2ccc([C@H]3CN(CC(=O)N4CCCCC4)CCO3)nc2)n1. The summed E-state index contributed by atoms with van der Waals surface area (Å²) in [4.78, 5) is 25.8. The summed E-state index contributed by atoms with van der Waals surface area (Å²) in [5.41, 5.74) is 2.75. The summed E-state index contributed by atoms with van der Waals surface area (Å²) >= 11 is 0. The van der Waals surface area contributed by atoms with E-state index in [4.69, 9.17) is 4.74 Å². The van der Waals surface area contributed by atoms with E-state index in [0.29, 0.717) is 19.7 Å². The first-order valence-corrected chi connectivity index (χ1v) is 10.5. The van der Waals surface area contributed by atoms with Gasteiger partial charge in [0.1, 0.15) is 11.9 Å². The number of amides is 1. The van der Waals surface area contributed by atoms with Crippen LogP contribution in [0.4, 0.5) is 11.5 Å². The van der Waals surface area contributed by atoms with Gasteiger partial charge in [-0.25, -0.2) is 4.98 Å². The lowest BCUT2D eigenvalue weighted by Crippen LogP contribution is -2.46. The zero-order valence-corrected chi connectivity index (χ0v) is 17.0. The predicted octanol–water partition coefficient (Wildman–Crippen LogP) is 2.91. The lowest BCUT2D eigenvalue weighted by molar-refractivity contribution is -0.135. The number of ether oxygens (including phenoxy) is 1. The third-order valence-electron chi connectivity index (χ3n) is 5.50. The molecule has 1 atom stereocenters. The molecule has 0 bridgehead atoms. The molecule has 29 heavy (non-hydrogen) atoms. The number of nitrogens with one attached hydrogen (secondary N) is 1. The van der Waals surface area contributed by atoms with Crippen molar-refractivity contribution in [1.29, 1.82) is 0 Å². The molecule has 0 aliphatic carbocycles. The summed E-state index contributed by atoms with van der Waals surface area (Å²) in [5, 5.41) is 3.27. The molecule has 7 nitrogen and oxygen atoms in total. The highest BCUT2D eigenvalue weighted by Crippen LogP contribution is 2.23. The highest BCUT2D eigenvalue weighted by atomic mass is 16.5. The number of anilines is 2. The Balaban J connectivity index is 1.33. The highest BCUT2D eigenvalue weighted by Gasteiger charge is 2.26. The molecule has 2 fully saturated rings. The van der Waals surface area contributed by atoms with Gasteiger partial charge in [0.15, 0.2) is 0 Å². The third-order valence-corrected chi connectivity index (χ3v) is 5.50. The molecular formula is C22H29N5O2. The van der Waals surface area contributed by atoms with Crippen LogP contribution >= 0.6 is 0 Å². The largest absolute Gasteiger partial charge is 0.369 e. The Morgan fingerprint density at radius 1 is 1.17 bits per heavy atom. The molecule has 7 heteroatoms. The molecule has 0 saturated carbocycles. The first kappa shape index (κ1) is 19.8. The van der Waals surface area contributed by atoms with Crippen LogP contribution in [-0.4, -0.2) is 65.0 Å². The number of nitrogens with zero attached hydrogens (tertiary/aromatic N) is 4. The molecule has 4 heterocycles. The van der Waals surface area contributed by atoms with E-state index in [-0.39, 0.29) is 12.0 Å². The van der Waals surface area contributed by atoms with Crippen molar-refractivity contribution in [3.05, 3.63) is 47.9 Å². The van der Waals surface area contributed by atoms with Crippen molar-refractivity contribution >= 4 is 17.4 Å². The number of hydrogen-bond donors (Lipinski definition) is 1. The molecule has 154 valence electrons. The van der Waals surface area contributed by atoms with Gasteiger partial charge in [-0.1, -0.05) is 6.07 Å². The predicted molar refractivity (Wildman–Crippen MR) is 112 cm³/mol. The van der Waals surface area contributed by atoms with Crippen LogP contribution in [0, 0.1) is 6.92 Å². The van der Waals surface area contributed by atoms with Gasteiger partial charge in [0, 0.05) is 31.9 Å². The van der Waals surface area contributed by atoms with Gasteiger partial charge >= 0.3 is 0 Å². The number of aryl methyl sites for hydroxylation is 1. The van der Waals surface area contributed by atoms with Gasteiger partial charge in [-0.2, -0.15) is 0 Å². The van der Waals surface area contributed by atoms with Gasteiger partial charge in [-0.3, -0.25) is 14.7 Å². The second-order valence-electron chi connectivity index (χ2n) is 7.80. The molecule has 0 aromatic carbocycles. The molecule has 2 aliphatic rings. The fourth-order valence-electron chi connectivity index (χ4n) is 3.89. The second kappa shape index (κ2) is 9.33. The molecule has 2 aromatic heterocycles. The first-order valence-electron chi connectivity index (χ1n) is 10.5. The maximum Gasteiger partial charge on any atom is 0.236 e. The minimum absolute atomic E-state index is 0.107. The molecule has 2 saturated heterocycles. The topological polar surface area (TPSA) is 70.6 Å². The second-order valence-corrected chi connectivity index (χ2v) is 7.80. The summed E-state index contributed by atoms with van der Waals surface area (Å²) in [5.74, 6) is 1.04. The number of carbonyl (C=O) groups excluding carboxylic acids is 1. The molecule has 0 unspecified atom stereocenters. The fraction of sp³-hybridized carbons (Fsp3) is 0.500. The van der Waals surface area contributed by atoms with Crippen LogP contribution < -0.4 is 5.32 Å². The zero-order chi connectivity index (χ0) is 20.1. The smallest absolute Gasteiger partial charge is 0.236 e. The average molecular weight is 396 g/mol. The molecule has 4 rings (SSSR count). The van der Waals surface area contributed by atoms with Crippen molar-refractivity contribution < 1.29 is 9.53 Å². The van der Waals surface area contributed by atoms with E-state index in [1.54, 1.807) is 6.20 Å². The van der Waals surface area contributed by atoms with E-state index in [1.165, 1.54) is 6.42 Å². The van der Waals surface area contributed by atoms with Gasteiger partial charge in [-0.15, -0.1) is 0 Å². The molecule has 1 amide bonds. The van der Waals surface area contributed by atoms with Crippen molar-refractivity contribution in [1.82, 2.24) is 19.8 Å². The zero-order valence-electron chi connectivity index (χ0n) is 17.0. The molecule has 2 aliphatic heterocycles. The maximum atomic E-state index is 12.6. The summed E-state index contributed by atoms with van der Waals surface area (Å²) in [6.07, 6.45) is 5.18. The van der Waals surface area contributed by atoms with Crippen LogP contribution in [0.5, 0.6) is 0 Å². The van der Waals surface area contributed by atoms with E-state index < -0.39 is 0 Å². The number of piperidine rings is 1. The minimum Gasteiger partial charge on any atom is -0.369 e. The van der Waals surface area contributed by atoms with Crippen molar-refractivity contribution in [2.24, 2.45) is 0 Å². The standard InChI is InChI=1S/C22H29N5O2/c1-17-6-5-7-21(24-17)25-18-8-9-19(23-14-18)20-15-26(12-13-29-20)16-22(28)27-10-3-2-4-11-27/h5-9,14,20H,2-4,10-13,15-16H2,1H3,(H,24,25)/t20-/m1/s1. The number of hydrogen-bond acceptors (Lipinski definition) is 6. The van der Waals surface area contributed by atoms with Crippen LogP contribution in [0.15, 0.2) is 36.5 Å². The fourth-order valence-corrected chi connectivity index (χ4v) is 3.89. The van der Waals surface area contributed by atoms with Crippen molar-refractivity contribution in [2.75, 3.05) is 44.6 Å². The van der Waals surface area contributed by atoms with Crippen molar-refractivity contribution in [3.63, 3.8) is 0 Å². The van der Waals surface area contributed by atoms with Crippen molar-refractivity contribution in [3.8, 4) is 0 Å². The van der Waals surface area contributed by atoms with E-state index >= 15 is 0 Å². The number of morpholine rings is 1. The van der Waals surface area contributed by atoms with Crippen LogP contribution in [0.3, 0.4) is 0 Å². The summed E-state index contributed by atoms with van der Waals surface area (Å²) in [7, 11) is 0. The summed E-state index contributed by atoms with van der Waals surface area (Å²) in [6, 6.07) is 9.85. The van der Waals surface area contributed by atoms with Crippen LogP contribution in [0.25, 0.3) is 0 Å². The molecular weight excluding hydrogens is 366 g/mol. The first-order chi connectivity index (χ1) is 14.2. The lowest BCUT2D eigenvalue weighted by Gasteiger charge is -2.34. The Labute approximate surface area is 172 Å². The Bertz CT molecular complexity index is 820. The molecule has 1 N–H and O–H groups in total. The van der Waals surface area contributed by atoms with Crippen molar-refractivity contribution in [2.45, 2.75) is 32.3 Å². The Morgan fingerprint density at radius 3 is 2.79 bits per heavy atom. The number of pyridine rings is 2. The van der Waals surface area contributed by atoms with Gasteiger partial charge < -0.3 is 15.0 Å². The quantitative estimate of drug-likeness (QED) is 0.839. The average Bonchev–Trinajstić information content (AvgIpc) is 2.75. The molecule has 2 aromatic rings. The highest BCUT2D eigenvalue weighted by molar-refractivity contribution is 5.78. The summed E-state index contributed by atoms with van der Waals surface area (Å²) in [6.45, 7) is 6.34. The van der Waals surface area contributed by atoms with Crippen LogP contribution in [0.1, 0.15) is 36.8 Å². The molecule has 0 radical (unpaired) electrons. The lowest BCUT2D eigenvalue weighted by atomic mass is 10.1. The number of carbonyl (C=O) groups is 1. The summed E-state index contributed by atoms with van der Waals surface area (Å²) < 4.78 is 5.93. The monoisotopic (exact) mass is 395 g/mol. The van der Waals surface area contributed by atoms with E-state index in [1.807, 2.05) is 42.2 Å².